The van der Waals surface area contributed by atoms with Crippen molar-refractivity contribution in [3.8, 4) is 0 Å². The lowest BCUT2D eigenvalue weighted by atomic mass is 10.3. The zero-order chi connectivity index (χ0) is 15.5. The molecule has 1 atom stereocenters. The molecule has 0 aliphatic heterocycles. The molecular weight excluding hydrogens is 260 g/mol. The molecule has 7 heteroatoms. The lowest BCUT2D eigenvalue weighted by Crippen LogP contribution is -2.48. The average Bonchev–Trinajstić information content (AvgIpc) is 2.40. The van der Waals surface area contributed by atoms with E-state index in [1.54, 1.807) is 18.7 Å². The number of imide groups is 1. The van der Waals surface area contributed by atoms with Crippen LogP contribution in [0.25, 0.3) is 0 Å². The van der Waals surface area contributed by atoms with Gasteiger partial charge >= 0.3 is 6.03 Å². The fourth-order valence-electron chi connectivity index (χ4n) is 1.65. The van der Waals surface area contributed by atoms with Crippen LogP contribution in [0.4, 0.5) is 4.79 Å². The van der Waals surface area contributed by atoms with Crippen LogP contribution in [0.15, 0.2) is 0 Å². The topological polar surface area (TPSA) is 90.5 Å². The summed E-state index contributed by atoms with van der Waals surface area (Å²) in [4.78, 5) is 36.3. The van der Waals surface area contributed by atoms with E-state index in [4.69, 9.17) is 0 Å². The van der Waals surface area contributed by atoms with Gasteiger partial charge in [-0.05, 0) is 27.7 Å². The van der Waals surface area contributed by atoms with Crippen molar-refractivity contribution in [3.63, 3.8) is 0 Å². The monoisotopic (exact) mass is 286 g/mol. The Kier molecular flexibility index (Phi) is 9.36. The Labute approximate surface area is 120 Å². The summed E-state index contributed by atoms with van der Waals surface area (Å²) in [5, 5.41) is 7.62. The van der Waals surface area contributed by atoms with Crippen molar-refractivity contribution < 1.29 is 14.4 Å². The molecule has 0 radical (unpaired) electrons. The first-order valence-electron chi connectivity index (χ1n) is 7.06. The van der Waals surface area contributed by atoms with Crippen molar-refractivity contribution in [1.29, 1.82) is 0 Å². The molecule has 0 aliphatic carbocycles. The van der Waals surface area contributed by atoms with Crippen LogP contribution < -0.4 is 16.0 Å². The van der Waals surface area contributed by atoms with Gasteiger partial charge in [-0.25, -0.2) is 4.79 Å². The number of urea groups is 1. The van der Waals surface area contributed by atoms with E-state index in [0.29, 0.717) is 32.6 Å². The van der Waals surface area contributed by atoms with Gasteiger partial charge in [0.15, 0.2) is 0 Å². The highest BCUT2D eigenvalue weighted by Gasteiger charge is 2.15. The maximum atomic E-state index is 11.7. The summed E-state index contributed by atoms with van der Waals surface area (Å²) in [7, 11) is 0. The Morgan fingerprint density at radius 3 is 2.20 bits per heavy atom. The molecule has 0 heterocycles. The van der Waals surface area contributed by atoms with Gasteiger partial charge in [0, 0.05) is 32.6 Å². The van der Waals surface area contributed by atoms with Crippen LogP contribution in [0.5, 0.6) is 0 Å². The lowest BCUT2D eigenvalue weighted by Gasteiger charge is -2.19. The van der Waals surface area contributed by atoms with E-state index in [1.807, 2.05) is 13.8 Å². The quantitative estimate of drug-likeness (QED) is 0.589. The Hall–Kier alpha value is -1.63. The SMILES string of the molecule is CCNC(=O)NC(=O)C(C)NCCC(=O)N(CC)CC. The van der Waals surface area contributed by atoms with E-state index in [2.05, 4.69) is 16.0 Å². The van der Waals surface area contributed by atoms with Crippen LogP contribution in [-0.2, 0) is 9.59 Å². The molecule has 0 bridgehead atoms. The van der Waals surface area contributed by atoms with Gasteiger partial charge in [0.2, 0.25) is 11.8 Å². The van der Waals surface area contributed by atoms with E-state index in [-0.39, 0.29) is 5.91 Å². The van der Waals surface area contributed by atoms with Crippen molar-refractivity contribution in [3.05, 3.63) is 0 Å². The molecule has 0 spiro atoms. The summed E-state index contributed by atoms with van der Waals surface area (Å²) in [6.45, 7) is 9.50. The van der Waals surface area contributed by atoms with Gasteiger partial charge in [0.25, 0.3) is 0 Å². The summed E-state index contributed by atoms with van der Waals surface area (Å²) in [6.07, 6.45) is 0.334. The van der Waals surface area contributed by atoms with Gasteiger partial charge in [-0.3, -0.25) is 14.9 Å². The van der Waals surface area contributed by atoms with Crippen LogP contribution in [0.1, 0.15) is 34.1 Å². The molecule has 0 saturated carbocycles. The van der Waals surface area contributed by atoms with Crippen LogP contribution >= 0.6 is 0 Å². The summed E-state index contributed by atoms with van der Waals surface area (Å²) in [5.74, 6) is -0.356. The van der Waals surface area contributed by atoms with Gasteiger partial charge in [-0.1, -0.05) is 0 Å². The molecule has 1 unspecified atom stereocenters. The maximum Gasteiger partial charge on any atom is 0.321 e. The van der Waals surface area contributed by atoms with Gasteiger partial charge in [0.05, 0.1) is 6.04 Å². The first-order chi connectivity index (χ1) is 9.46. The first kappa shape index (κ1) is 18.4. The molecule has 20 heavy (non-hydrogen) atoms. The predicted octanol–water partition coefficient (Wildman–Crippen LogP) is 0.0687. The minimum Gasteiger partial charge on any atom is -0.343 e. The Morgan fingerprint density at radius 1 is 1.10 bits per heavy atom. The van der Waals surface area contributed by atoms with Crippen molar-refractivity contribution in [2.45, 2.75) is 40.2 Å². The largest absolute Gasteiger partial charge is 0.343 e. The Morgan fingerprint density at radius 2 is 1.70 bits per heavy atom. The van der Waals surface area contributed by atoms with Gasteiger partial charge in [0.1, 0.15) is 0 Å². The van der Waals surface area contributed by atoms with E-state index in [0.717, 1.165) is 0 Å². The number of rotatable bonds is 8. The Balaban J connectivity index is 3.98. The number of nitrogens with zero attached hydrogens (tertiary/aromatic N) is 1. The average molecular weight is 286 g/mol. The number of carbonyl (C=O) groups excluding carboxylic acids is 3. The molecule has 116 valence electrons. The number of hydrogen-bond acceptors (Lipinski definition) is 4. The van der Waals surface area contributed by atoms with Crippen molar-refractivity contribution in [1.82, 2.24) is 20.9 Å². The minimum absolute atomic E-state index is 0.0545. The highest BCUT2D eigenvalue weighted by Crippen LogP contribution is 1.93. The second-order valence-corrected chi connectivity index (χ2v) is 4.34. The minimum atomic E-state index is -0.526. The van der Waals surface area contributed by atoms with Gasteiger partial charge in [-0.15, -0.1) is 0 Å². The predicted molar refractivity (Wildman–Crippen MR) is 77.2 cm³/mol. The lowest BCUT2D eigenvalue weighted by molar-refractivity contribution is -0.131. The molecule has 0 aromatic carbocycles. The van der Waals surface area contributed by atoms with E-state index < -0.39 is 18.0 Å². The highest BCUT2D eigenvalue weighted by atomic mass is 16.2. The molecule has 0 aromatic heterocycles. The van der Waals surface area contributed by atoms with Crippen molar-refractivity contribution in [2.75, 3.05) is 26.2 Å². The Bertz CT molecular complexity index is 330. The van der Waals surface area contributed by atoms with Gasteiger partial charge < -0.3 is 15.5 Å². The van der Waals surface area contributed by atoms with E-state index in [9.17, 15) is 14.4 Å². The van der Waals surface area contributed by atoms with Crippen molar-refractivity contribution >= 4 is 17.8 Å². The molecule has 0 rings (SSSR count). The molecule has 0 aliphatic rings. The molecular formula is C13H26N4O3. The van der Waals surface area contributed by atoms with E-state index >= 15 is 0 Å². The summed E-state index contributed by atoms with van der Waals surface area (Å²) < 4.78 is 0. The van der Waals surface area contributed by atoms with Crippen LogP contribution in [-0.4, -0.2) is 55.0 Å². The van der Waals surface area contributed by atoms with Crippen LogP contribution in [0.2, 0.25) is 0 Å². The number of carbonyl (C=O) groups is 3. The third kappa shape index (κ3) is 7.08. The fraction of sp³-hybridized carbons (Fsp3) is 0.769. The van der Waals surface area contributed by atoms with Crippen LogP contribution in [0.3, 0.4) is 0 Å². The second kappa shape index (κ2) is 10.2. The third-order valence-corrected chi connectivity index (χ3v) is 2.87. The van der Waals surface area contributed by atoms with Crippen molar-refractivity contribution in [2.24, 2.45) is 0 Å². The normalized spacial score (nSPS) is 11.6. The smallest absolute Gasteiger partial charge is 0.321 e. The zero-order valence-corrected chi connectivity index (χ0v) is 12.8. The number of hydrogen-bond donors (Lipinski definition) is 3. The number of amides is 4. The summed E-state index contributed by atoms with van der Waals surface area (Å²) in [5.41, 5.74) is 0. The highest BCUT2D eigenvalue weighted by molar-refractivity contribution is 5.96. The molecule has 0 aromatic rings. The first-order valence-corrected chi connectivity index (χ1v) is 7.06. The molecule has 0 saturated heterocycles. The number of nitrogens with one attached hydrogen (secondary N) is 3. The maximum absolute atomic E-state index is 11.7. The van der Waals surface area contributed by atoms with E-state index in [1.165, 1.54) is 0 Å². The summed E-state index contributed by atoms with van der Waals surface area (Å²) >= 11 is 0. The van der Waals surface area contributed by atoms with Crippen LogP contribution in [0, 0.1) is 0 Å². The molecule has 0 fully saturated rings. The zero-order valence-electron chi connectivity index (χ0n) is 12.8. The standard InChI is InChI=1S/C13H26N4O3/c1-5-14-13(20)16-12(19)10(4)15-9-8-11(18)17(6-2)7-3/h10,15H,5-9H2,1-4H3,(H2,14,16,19,20). The van der Waals surface area contributed by atoms with Gasteiger partial charge in [-0.2, -0.15) is 0 Å². The third-order valence-electron chi connectivity index (χ3n) is 2.87. The molecule has 4 amide bonds. The fourth-order valence-corrected chi connectivity index (χ4v) is 1.65. The second-order valence-electron chi connectivity index (χ2n) is 4.34. The summed E-state index contributed by atoms with van der Waals surface area (Å²) in [6, 6.07) is -1.03. The molecule has 7 nitrogen and oxygen atoms in total. The molecule has 3 N–H and O–H groups in total.